The van der Waals surface area contributed by atoms with Crippen LogP contribution in [-0.4, -0.2) is 36.6 Å². The van der Waals surface area contributed by atoms with E-state index in [0.717, 1.165) is 5.56 Å². The van der Waals surface area contributed by atoms with Crippen LogP contribution < -0.4 is 14.9 Å². The SMILES string of the molecule is COc1cc(C)cc(C(=O)N(NC(=O)c2cccc(OC)c2C)C(C)(C)C)c1. The summed E-state index contributed by atoms with van der Waals surface area (Å²) in [7, 11) is 3.11. The van der Waals surface area contributed by atoms with Gasteiger partial charge in [0.15, 0.2) is 0 Å². The van der Waals surface area contributed by atoms with E-state index >= 15 is 0 Å². The maximum atomic E-state index is 13.2. The van der Waals surface area contributed by atoms with Crippen LogP contribution in [0.15, 0.2) is 36.4 Å². The highest BCUT2D eigenvalue weighted by Crippen LogP contribution is 2.23. The predicted octanol–water partition coefficient (Wildman–Crippen LogP) is 3.91. The molecule has 0 saturated heterocycles. The zero-order valence-electron chi connectivity index (χ0n) is 17.5. The fourth-order valence-electron chi connectivity index (χ4n) is 2.88. The topological polar surface area (TPSA) is 67.9 Å². The van der Waals surface area contributed by atoms with Crippen molar-refractivity contribution >= 4 is 11.8 Å². The molecule has 0 aliphatic carbocycles. The van der Waals surface area contributed by atoms with E-state index in [1.807, 2.05) is 40.7 Å². The van der Waals surface area contributed by atoms with Gasteiger partial charge >= 0.3 is 0 Å². The molecule has 150 valence electrons. The Bertz CT molecular complexity index is 885. The van der Waals surface area contributed by atoms with Crippen LogP contribution in [0.2, 0.25) is 0 Å². The van der Waals surface area contributed by atoms with Crippen molar-refractivity contribution in [3.63, 3.8) is 0 Å². The van der Waals surface area contributed by atoms with Crippen LogP contribution in [0.3, 0.4) is 0 Å². The van der Waals surface area contributed by atoms with Gasteiger partial charge < -0.3 is 9.47 Å². The number of carbonyl (C=O) groups is 2. The number of hydrazine groups is 1. The summed E-state index contributed by atoms with van der Waals surface area (Å²) < 4.78 is 10.6. The van der Waals surface area contributed by atoms with Crippen molar-refractivity contribution in [1.82, 2.24) is 10.4 Å². The van der Waals surface area contributed by atoms with Gasteiger partial charge in [0, 0.05) is 16.7 Å². The van der Waals surface area contributed by atoms with Crippen LogP contribution in [-0.2, 0) is 0 Å². The van der Waals surface area contributed by atoms with Crippen LogP contribution in [0.5, 0.6) is 11.5 Å². The zero-order chi connectivity index (χ0) is 21.1. The summed E-state index contributed by atoms with van der Waals surface area (Å²) in [6, 6.07) is 10.5. The third kappa shape index (κ3) is 4.63. The number of aryl methyl sites for hydroxylation is 1. The van der Waals surface area contributed by atoms with Crippen molar-refractivity contribution in [2.45, 2.75) is 40.2 Å². The normalized spacial score (nSPS) is 11.0. The van der Waals surface area contributed by atoms with Gasteiger partial charge in [-0.2, -0.15) is 0 Å². The molecule has 28 heavy (non-hydrogen) atoms. The van der Waals surface area contributed by atoms with Gasteiger partial charge in [-0.15, -0.1) is 0 Å². The lowest BCUT2D eigenvalue weighted by atomic mass is 10.0. The second-order valence-electron chi connectivity index (χ2n) is 7.62. The Labute approximate surface area is 166 Å². The van der Waals surface area contributed by atoms with Gasteiger partial charge in [0.05, 0.1) is 19.8 Å². The van der Waals surface area contributed by atoms with Gasteiger partial charge in [-0.1, -0.05) is 6.07 Å². The highest BCUT2D eigenvalue weighted by molar-refractivity contribution is 6.00. The highest BCUT2D eigenvalue weighted by atomic mass is 16.5. The Kier molecular flexibility index (Phi) is 6.33. The van der Waals surface area contributed by atoms with E-state index in [9.17, 15) is 9.59 Å². The molecule has 2 amide bonds. The van der Waals surface area contributed by atoms with E-state index in [1.165, 1.54) is 5.01 Å². The fraction of sp³-hybridized carbons (Fsp3) is 0.364. The molecule has 1 N–H and O–H groups in total. The van der Waals surface area contributed by atoms with Crippen LogP contribution in [0.25, 0.3) is 0 Å². The monoisotopic (exact) mass is 384 g/mol. The van der Waals surface area contributed by atoms with E-state index in [1.54, 1.807) is 44.6 Å². The Morgan fingerprint density at radius 2 is 1.68 bits per heavy atom. The van der Waals surface area contributed by atoms with Gasteiger partial charge in [0.25, 0.3) is 11.8 Å². The quantitative estimate of drug-likeness (QED) is 0.812. The van der Waals surface area contributed by atoms with E-state index in [2.05, 4.69) is 5.43 Å². The number of carbonyl (C=O) groups excluding carboxylic acids is 2. The van der Waals surface area contributed by atoms with Gasteiger partial charge in [0.2, 0.25) is 0 Å². The van der Waals surface area contributed by atoms with Crippen LogP contribution in [0.1, 0.15) is 52.6 Å². The van der Waals surface area contributed by atoms with Crippen molar-refractivity contribution < 1.29 is 19.1 Å². The molecule has 0 aliphatic heterocycles. The Balaban J connectivity index is 2.39. The molecule has 2 aromatic rings. The van der Waals surface area contributed by atoms with E-state index in [-0.39, 0.29) is 11.8 Å². The molecule has 0 bridgehead atoms. The molecule has 0 aliphatic rings. The standard InChI is InChI=1S/C22H28N2O4/c1-14-11-16(13-17(12-14)27-6)21(26)24(22(3,4)5)23-20(25)18-9-8-10-19(28-7)15(18)2/h8-13H,1-7H3,(H,23,25). The van der Waals surface area contributed by atoms with Crippen molar-refractivity contribution in [1.29, 1.82) is 0 Å². The summed E-state index contributed by atoms with van der Waals surface area (Å²) in [4.78, 5) is 26.1. The lowest BCUT2D eigenvalue weighted by molar-refractivity contribution is 0.0358. The largest absolute Gasteiger partial charge is 0.497 e. The number of methoxy groups -OCH3 is 2. The number of nitrogens with one attached hydrogen (secondary N) is 1. The van der Waals surface area contributed by atoms with Gasteiger partial charge in [-0.05, 0) is 70.5 Å². The molecule has 0 saturated carbocycles. The van der Waals surface area contributed by atoms with Crippen LogP contribution in [0, 0.1) is 13.8 Å². The second-order valence-corrected chi connectivity index (χ2v) is 7.62. The molecule has 0 fully saturated rings. The van der Waals surface area contributed by atoms with Crippen LogP contribution in [0.4, 0.5) is 0 Å². The molecule has 2 rings (SSSR count). The molecule has 6 heteroatoms. The van der Waals surface area contributed by atoms with Crippen molar-refractivity contribution in [3.05, 3.63) is 58.7 Å². The molecule has 0 spiro atoms. The number of hydrogen-bond donors (Lipinski definition) is 1. The summed E-state index contributed by atoms with van der Waals surface area (Å²) in [5.41, 5.74) is 4.62. The Hall–Kier alpha value is -3.02. The van der Waals surface area contributed by atoms with Crippen molar-refractivity contribution in [3.8, 4) is 11.5 Å². The maximum absolute atomic E-state index is 13.2. The summed E-state index contributed by atoms with van der Waals surface area (Å²) in [6.07, 6.45) is 0. The minimum Gasteiger partial charge on any atom is -0.497 e. The first-order valence-electron chi connectivity index (χ1n) is 9.03. The van der Waals surface area contributed by atoms with Gasteiger partial charge in [-0.3, -0.25) is 15.0 Å². The zero-order valence-corrected chi connectivity index (χ0v) is 17.5. The number of amides is 2. The molecule has 2 aromatic carbocycles. The van der Waals surface area contributed by atoms with E-state index in [0.29, 0.717) is 28.2 Å². The molecular formula is C22H28N2O4. The molecule has 0 heterocycles. The Morgan fingerprint density at radius 3 is 2.25 bits per heavy atom. The fourth-order valence-corrected chi connectivity index (χ4v) is 2.88. The summed E-state index contributed by atoms with van der Waals surface area (Å²) >= 11 is 0. The summed E-state index contributed by atoms with van der Waals surface area (Å²) in [5, 5.41) is 1.35. The van der Waals surface area contributed by atoms with Gasteiger partial charge in [0.1, 0.15) is 11.5 Å². The number of benzene rings is 2. The first-order chi connectivity index (χ1) is 13.1. The second kappa shape index (κ2) is 8.33. The van der Waals surface area contributed by atoms with E-state index in [4.69, 9.17) is 9.47 Å². The third-order valence-electron chi connectivity index (χ3n) is 4.37. The molecular weight excluding hydrogens is 356 g/mol. The van der Waals surface area contributed by atoms with Crippen molar-refractivity contribution in [2.75, 3.05) is 14.2 Å². The lowest BCUT2D eigenvalue weighted by Crippen LogP contribution is -2.56. The van der Waals surface area contributed by atoms with Gasteiger partial charge in [-0.25, -0.2) is 5.01 Å². The molecule has 0 unspecified atom stereocenters. The number of rotatable bonds is 4. The Morgan fingerprint density at radius 1 is 1.00 bits per heavy atom. The molecule has 0 atom stereocenters. The molecule has 0 radical (unpaired) electrons. The minimum atomic E-state index is -0.642. The summed E-state index contributed by atoms with van der Waals surface area (Å²) in [5.74, 6) is 0.513. The first kappa shape index (κ1) is 21.3. The van der Waals surface area contributed by atoms with E-state index < -0.39 is 5.54 Å². The maximum Gasteiger partial charge on any atom is 0.272 e. The molecule has 0 aromatic heterocycles. The number of ether oxygens (including phenoxy) is 2. The average molecular weight is 384 g/mol. The highest BCUT2D eigenvalue weighted by Gasteiger charge is 2.30. The van der Waals surface area contributed by atoms with Crippen molar-refractivity contribution in [2.24, 2.45) is 0 Å². The summed E-state index contributed by atoms with van der Waals surface area (Å²) in [6.45, 7) is 9.27. The lowest BCUT2D eigenvalue weighted by Gasteiger charge is -2.35. The van der Waals surface area contributed by atoms with Crippen LogP contribution >= 0.6 is 0 Å². The smallest absolute Gasteiger partial charge is 0.272 e. The minimum absolute atomic E-state index is 0.316. The predicted molar refractivity (Wildman–Crippen MR) is 109 cm³/mol. The molecule has 6 nitrogen and oxygen atoms in total. The average Bonchev–Trinajstić information content (AvgIpc) is 2.64. The number of hydrogen-bond acceptors (Lipinski definition) is 4. The third-order valence-corrected chi connectivity index (χ3v) is 4.37. The first-order valence-corrected chi connectivity index (χ1v) is 9.03. The number of nitrogens with zero attached hydrogens (tertiary/aromatic N) is 1.